The monoisotopic (exact) mass is 200 g/mol. The quantitative estimate of drug-likeness (QED) is 0.403. The van der Waals surface area contributed by atoms with Gasteiger partial charge in [-0.2, -0.15) is 0 Å². The molecule has 0 rings (SSSR count). The Morgan fingerprint density at radius 3 is 2.50 bits per heavy atom. The first-order chi connectivity index (χ1) is 6.57. The molecule has 0 aliphatic carbocycles. The molecule has 0 aromatic heterocycles. The molecular formula is C10H16O4. The second-order valence-corrected chi connectivity index (χ2v) is 3.02. The van der Waals surface area contributed by atoms with Crippen molar-refractivity contribution in [3.05, 3.63) is 11.6 Å². The number of methoxy groups -OCH3 is 1. The Morgan fingerprint density at radius 2 is 2.00 bits per heavy atom. The topological polar surface area (TPSA) is 63.6 Å². The van der Waals surface area contributed by atoms with Crippen LogP contribution in [-0.4, -0.2) is 24.2 Å². The Kier molecular flexibility index (Phi) is 6.45. The van der Waals surface area contributed by atoms with Crippen molar-refractivity contribution in [2.24, 2.45) is 0 Å². The van der Waals surface area contributed by atoms with E-state index < -0.39 is 5.97 Å². The number of rotatable bonds is 6. The first kappa shape index (κ1) is 12.7. The number of esters is 1. The van der Waals surface area contributed by atoms with Crippen molar-refractivity contribution in [3.8, 4) is 0 Å². The van der Waals surface area contributed by atoms with Crippen LogP contribution in [0.1, 0.15) is 32.6 Å². The van der Waals surface area contributed by atoms with Gasteiger partial charge in [0.25, 0.3) is 0 Å². The average Bonchev–Trinajstić information content (AvgIpc) is 2.15. The molecule has 0 heterocycles. The van der Waals surface area contributed by atoms with Crippen LogP contribution in [0.3, 0.4) is 0 Å². The van der Waals surface area contributed by atoms with Crippen molar-refractivity contribution in [2.75, 3.05) is 7.11 Å². The third-order valence-electron chi connectivity index (χ3n) is 1.80. The number of allylic oxidation sites excluding steroid dienone is 1. The summed E-state index contributed by atoms with van der Waals surface area (Å²) in [6.45, 7) is 1.68. The Hall–Kier alpha value is -1.32. The van der Waals surface area contributed by atoms with Crippen LogP contribution in [0.4, 0.5) is 0 Å². The fraction of sp³-hybridized carbons (Fsp3) is 0.600. The van der Waals surface area contributed by atoms with E-state index in [0.717, 1.165) is 6.42 Å². The molecule has 0 unspecified atom stereocenters. The largest absolute Gasteiger partial charge is 0.481 e. The summed E-state index contributed by atoms with van der Waals surface area (Å²) in [6, 6.07) is 0. The normalized spacial score (nSPS) is 11.1. The van der Waals surface area contributed by atoms with Crippen LogP contribution in [0.5, 0.6) is 0 Å². The third kappa shape index (κ3) is 6.22. The smallest absolute Gasteiger partial charge is 0.333 e. The molecule has 0 atom stereocenters. The molecule has 4 nitrogen and oxygen atoms in total. The lowest BCUT2D eigenvalue weighted by atomic mass is 10.1. The van der Waals surface area contributed by atoms with E-state index in [-0.39, 0.29) is 12.4 Å². The lowest BCUT2D eigenvalue weighted by Gasteiger charge is -1.98. The summed E-state index contributed by atoms with van der Waals surface area (Å²) in [5.41, 5.74) is 0.572. The van der Waals surface area contributed by atoms with Gasteiger partial charge >= 0.3 is 11.9 Å². The Bertz CT molecular complexity index is 230. The van der Waals surface area contributed by atoms with E-state index in [1.54, 1.807) is 13.0 Å². The van der Waals surface area contributed by atoms with Crippen molar-refractivity contribution < 1.29 is 19.4 Å². The third-order valence-corrected chi connectivity index (χ3v) is 1.80. The number of carbonyl (C=O) groups is 2. The highest BCUT2D eigenvalue weighted by Crippen LogP contribution is 2.04. The summed E-state index contributed by atoms with van der Waals surface area (Å²) >= 11 is 0. The van der Waals surface area contributed by atoms with E-state index in [0.29, 0.717) is 18.4 Å². The zero-order chi connectivity index (χ0) is 11.0. The van der Waals surface area contributed by atoms with Crippen molar-refractivity contribution in [3.63, 3.8) is 0 Å². The predicted molar refractivity (Wildman–Crippen MR) is 51.9 cm³/mol. The van der Waals surface area contributed by atoms with E-state index in [4.69, 9.17) is 5.11 Å². The van der Waals surface area contributed by atoms with Crippen LogP contribution in [0, 0.1) is 0 Å². The summed E-state index contributed by atoms with van der Waals surface area (Å²) in [5, 5.41) is 8.36. The molecule has 0 aliphatic rings. The van der Waals surface area contributed by atoms with Crippen molar-refractivity contribution in [1.29, 1.82) is 0 Å². The standard InChI is InChI=1S/C10H16O4/c1-8(10(13)14-2)6-4-3-5-7-9(11)12/h6H,3-5,7H2,1-2H3,(H,11,12). The fourth-order valence-corrected chi connectivity index (χ4v) is 0.983. The molecule has 14 heavy (non-hydrogen) atoms. The number of ether oxygens (including phenoxy) is 1. The van der Waals surface area contributed by atoms with Crippen LogP contribution in [-0.2, 0) is 14.3 Å². The minimum absolute atomic E-state index is 0.186. The first-order valence-electron chi connectivity index (χ1n) is 4.54. The molecule has 1 N–H and O–H groups in total. The number of carboxylic acid groups (broad SMARTS) is 1. The highest BCUT2D eigenvalue weighted by molar-refractivity contribution is 5.87. The van der Waals surface area contributed by atoms with E-state index in [1.165, 1.54) is 7.11 Å². The zero-order valence-corrected chi connectivity index (χ0v) is 8.58. The zero-order valence-electron chi connectivity index (χ0n) is 8.58. The molecule has 0 bridgehead atoms. The highest BCUT2D eigenvalue weighted by atomic mass is 16.5. The van der Waals surface area contributed by atoms with Gasteiger partial charge in [0.15, 0.2) is 0 Å². The van der Waals surface area contributed by atoms with Crippen LogP contribution < -0.4 is 0 Å². The van der Waals surface area contributed by atoms with E-state index in [1.807, 2.05) is 0 Å². The molecule has 0 spiro atoms. The first-order valence-corrected chi connectivity index (χ1v) is 4.54. The summed E-state index contributed by atoms with van der Waals surface area (Å²) in [7, 11) is 1.34. The maximum absolute atomic E-state index is 10.9. The van der Waals surface area contributed by atoms with Crippen LogP contribution in [0.25, 0.3) is 0 Å². The Balaban J connectivity index is 3.61. The maximum atomic E-state index is 10.9. The number of carbonyl (C=O) groups excluding carboxylic acids is 1. The van der Waals surface area contributed by atoms with Gasteiger partial charge in [-0.05, 0) is 26.2 Å². The lowest BCUT2D eigenvalue weighted by Crippen LogP contribution is -2.01. The van der Waals surface area contributed by atoms with Gasteiger partial charge in [-0.1, -0.05) is 6.08 Å². The molecule has 0 saturated heterocycles. The average molecular weight is 200 g/mol. The predicted octanol–water partition coefficient (Wildman–Crippen LogP) is 1.75. The van der Waals surface area contributed by atoms with Gasteiger partial charge in [0.05, 0.1) is 7.11 Å². The van der Waals surface area contributed by atoms with Gasteiger partial charge in [-0.15, -0.1) is 0 Å². The van der Waals surface area contributed by atoms with E-state index in [2.05, 4.69) is 4.74 Å². The minimum Gasteiger partial charge on any atom is -0.481 e. The highest BCUT2D eigenvalue weighted by Gasteiger charge is 2.01. The molecule has 0 aromatic carbocycles. The Morgan fingerprint density at radius 1 is 1.36 bits per heavy atom. The number of hydrogen-bond acceptors (Lipinski definition) is 3. The molecule has 0 saturated carbocycles. The van der Waals surface area contributed by atoms with Crippen molar-refractivity contribution >= 4 is 11.9 Å². The Labute approximate surface area is 83.6 Å². The van der Waals surface area contributed by atoms with Gasteiger partial charge in [-0.3, -0.25) is 4.79 Å². The fourth-order valence-electron chi connectivity index (χ4n) is 0.983. The molecule has 0 fully saturated rings. The molecule has 4 heteroatoms. The SMILES string of the molecule is COC(=O)C(C)=CCCCCC(=O)O. The van der Waals surface area contributed by atoms with Crippen LogP contribution in [0.2, 0.25) is 0 Å². The van der Waals surface area contributed by atoms with E-state index >= 15 is 0 Å². The molecule has 0 aliphatic heterocycles. The van der Waals surface area contributed by atoms with Gasteiger partial charge in [0.1, 0.15) is 0 Å². The summed E-state index contributed by atoms with van der Waals surface area (Å²) in [5.74, 6) is -1.11. The lowest BCUT2D eigenvalue weighted by molar-refractivity contribution is -0.137. The molecular weight excluding hydrogens is 184 g/mol. The van der Waals surface area contributed by atoms with Crippen LogP contribution in [0.15, 0.2) is 11.6 Å². The number of hydrogen-bond donors (Lipinski definition) is 1. The summed E-state index contributed by atoms with van der Waals surface area (Å²) in [6.07, 6.45) is 4.09. The van der Waals surface area contributed by atoms with Crippen molar-refractivity contribution in [1.82, 2.24) is 0 Å². The summed E-state index contributed by atoms with van der Waals surface area (Å²) in [4.78, 5) is 21.1. The molecule has 80 valence electrons. The second-order valence-electron chi connectivity index (χ2n) is 3.02. The van der Waals surface area contributed by atoms with Gasteiger partial charge in [-0.25, -0.2) is 4.79 Å². The summed E-state index contributed by atoms with van der Waals surface area (Å²) < 4.78 is 4.51. The maximum Gasteiger partial charge on any atom is 0.333 e. The molecule has 0 radical (unpaired) electrons. The van der Waals surface area contributed by atoms with Gasteiger partial charge < -0.3 is 9.84 Å². The van der Waals surface area contributed by atoms with Crippen LogP contribution >= 0.6 is 0 Å². The number of unbranched alkanes of at least 4 members (excludes halogenated alkanes) is 2. The molecule has 0 amide bonds. The van der Waals surface area contributed by atoms with Gasteiger partial charge in [0, 0.05) is 12.0 Å². The number of aliphatic carboxylic acids is 1. The van der Waals surface area contributed by atoms with Gasteiger partial charge in [0.2, 0.25) is 0 Å². The van der Waals surface area contributed by atoms with E-state index in [9.17, 15) is 9.59 Å². The molecule has 0 aromatic rings. The minimum atomic E-state index is -0.779. The van der Waals surface area contributed by atoms with Crippen molar-refractivity contribution in [2.45, 2.75) is 32.6 Å². The second kappa shape index (κ2) is 7.12. The number of carboxylic acids is 1.